The van der Waals surface area contributed by atoms with Gasteiger partial charge in [-0.25, -0.2) is 4.98 Å². The summed E-state index contributed by atoms with van der Waals surface area (Å²) in [5, 5.41) is 22.1. The predicted octanol–water partition coefficient (Wildman–Crippen LogP) is 12.0. The number of hydrogen-bond acceptors (Lipinski definition) is 8. The Hall–Kier alpha value is -1.97. The molecule has 0 bridgehead atoms. The standard InChI is InChI=1S/C49H93N3O6/c1-5-9-13-17-19-23-31-44(29-21-15-11-7-3)48(55)57-39-27-25-33-46(53)41-52(38-37-51-36-35-50-43-51)42-47(54)34-26-28-40-58-49(56)45(30-22-16-12-8-4)32-24-20-18-14-10-6-2/h35-36,43-47,53-54H,5-34,37-42H2,1-4H3. The van der Waals surface area contributed by atoms with E-state index in [0.717, 1.165) is 83.6 Å². The third kappa shape index (κ3) is 31.0. The molecule has 2 N–H and O–H groups in total. The van der Waals surface area contributed by atoms with Crippen molar-refractivity contribution in [3.8, 4) is 0 Å². The molecule has 340 valence electrons. The van der Waals surface area contributed by atoms with E-state index in [1.807, 2.05) is 10.8 Å². The van der Waals surface area contributed by atoms with E-state index in [9.17, 15) is 19.8 Å². The lowest BCUT2D eigenvalue weighted by Gasteiger charge is -2.27. The number of aliphatic hydroxyl groups excluding tert-OH is 2. The summed E-state index contributed by atoms with van der Waals surface area (Å²) in [5.41, 5.74) is 0. The van der Waals surface area contributed by atoms with E-state index in [-0.39, 0.29) is 23.8 Å². The number of unbranched alkanes of at least 4 members (excludes halogenated alkanes) is 18. The Bertz CT molecular complexity index is 978. The number of aromatic nitrogens is 2. The first kappa shape index (κ1) is 54.0. The van der Waals surface area contributed by atoms with Crippen LogP contribution in [0.2, 0.25) is 0 Å². The maximum Gasteiger partial charge on any atom is 0.308 e. The molecule has 0 spiro atoms. The van der Waals surface area contributed by atoms with E-state index in [0.29, 0.717) is 45.7 Å². The fourth-order valence-electron chi connectivity index (χ4n) is 7.99. The summed E-state index contributed by atoms with van der Waals surface area (Å²) >= 11 is 0. The first-order valence-corrected chi connectivity index (χ1v) is 24.7. The molecule has 1 heterocycles. The third-order valence-corrected chi connectivity index (χ3v) is 11.8. The molecule has 0 aliphatic heterocycles. The van der Waals surface area contributed by atoms with Crippen LogP contribution in [-0.4, -0.2) is 81.7 Å². The Labute approximate surface area is 357 Å². The van der Waals surface area contributed by atoms with Gasteiger partial charge in [-0.1, -0.05) is 156 Å². The summed E-state index contributed by atoms with van der Waals surface area (Å²) in [6.07, 6.45) is 36.6. The average Bonchev–Trinajstić information content (AvgIpc) is 3.74. The minimum absolute atomic E-state index is 0.0105. The third-order valence-electron chi connectivity index (χ3n) is 11.8. The van der Waals surface area contributed by atoms with Gasteiger partial charge in [0.2, 0.25) is 0 Å². The Morgan fingerprint density at radius 2 is 0.897 bits per heavy atom. The molecule has 0 aliphatic carbocycles. The number of esters is 2. The molecule has 58 heavy (non-hydrogen) atoms. The van der Waals surface area contributed by atoms with Crippen molar-refractivity contribution >= 4 is 11.9 Å². The Morgan fingerprint density at radius 1 is 0.534 bits per heavy atom. The van der Waals surface area contributed by atoms with Gasteiger partial charge in [0.25, 0.3) is 0 Å². The Morgan fingerprint density at radius 3 is 1.28 bits per heavy atom. The maximum absolute atomic E-state index is 13.0. The molecule has 9 nitrogen and oxygen atoms in total. The minimum Gasteiger partial charge on any atom is -0.465 e. The summed E-state index contributed by atoms with van der Waals surface area (Å²) in [7, 11) is 0. The van der Waals surface area contributed by atoms with E-state index in [2.05, 4.69) is 37.6 Å². The predicted molar refractivity (Wildman–Crippen MR) is 241 cm³/mol. The van der Waals surface area contributed by atoms with Crippen LogP contribution in [0.3, 0.4) is 0 Å². The van der Waals surface area contributed by atoms with Crippen LogP contribution in [0.25, 0.3) is 0 Å². The van der Waals surface area contributed by atoms with Gasteiger partial charge in [0.15, 0.2) is 0 Å². The van der Waals surface area contributed by atoms with Gasteiger partial charge in [-0.3, -0.25) is 14.5 Å². The SMILES string of the molecule is CCCCCCCCC(CCCCCC)C(=O)OCCCCC(O)CN(CCn1ccnc1)CC(O)CCCCOC(=O)C(CCCCCC)CCCCCCCC. The van der Waals surface area contributed by atoms with Crippen molar-refractivity contribution in [1.82, 2.24) is 14.5 Å². The van der Waals surface area contributed by atoms with Gasteiger partial charge in [0.1, 0.15) is 0 Å². The molecule has 0 saturated carbocycles. The Balaban J connectivity index is 2.49. The second-order valence-corrected chi connectivity index (χ2v) is 17.4. The van der Waals surface area contributed by atoms with Crippen LogP contribution in [0.15, 0.2) is 18.7 Å². The van der Waals surface area contributed by atoms with Crippen LogP contribution in [-0.2, 0) is 25.6 Å². The van der Waals surface area contributed by atoms with Crippen LogP contribution < -0.4 is 0 Å². The van der Waals surface area contributed by atoms with Gasteiger partial charge >= 0.3 is 11.9 Å². The number of imidazole rings is 1. The van der Waals surface area contributed by atoms with Crippen molar-refractivity contribution in [3.05, 3.63) is 18.7 Å². The van der Waals surface area contributed by atoms with E-state index < -0.39 is 12.2 Å². The zero-order valence-electron chi connectivity index (χ0n) is 38.4. The smallest absolute Gasteiger partial charge is 0.308 e. The lowest BCUT2D eigenvalue weighted by molar-refractivity contribution is -0.150. The largest absolute Gasteiger partial charge is 0.465 e. The normalized spacial score (nSPS) is 13.8. The molecular weight excluding hydrogens is 727 g/mol. The van der Waals surface area contributed by atoms with Crippen LogP contribution in [0.4, 0.5) is 0 Å². The maximum atomic E-state index is 13.0. The molecule has 0 radical (unpaired) electrons. The molecule has 4 unspecified atom stereocenters. The molecule has 9 heteroatoms. The van der Waals surface area contributed by atoms with E-state index in [1.54, 1.807) is 12.5 Å². The first-order valence-electron chi connectivity index (χ1n) is 24.7. The van der Waals surface area contributed by atoms with Crippen molar-refractivity contribution in [1.29, 1.82) is 0 Å². The van der Waals surface area contributed by atoms with Crippen molar-refractivity contribution < 1.29 is 29.3 Å². The van der Waals surface area contributed by atoms with Gasteiger partial charge in [0.05, 0.1) is 43.6 Å². The molecule has 0 saturated heterocycles. The van der Waals surface area contributed by atoms with E-state index in [1.165, 1.54) is 103 Å². The second-order valence-electron chi connectivity index (χ2n) is 17.4. The Kier molecular flexibility index (Phi) is 36.5. The highest BCUT2D eigenvalue weighted by molar-refractivity contribution is 5.72. The monoisotopic (exact) mass is 820 g/mol. The zero-order chi connectivity index (χ0) is 42.3. The number of hydrogen-bond donors (Lipinski definition) is 2. The molecule has 0 aliphatic rings. The van der Waals surface area contributed by atoms with Crippen molar-refractivity contribution in [3.63, 3.8) is 0 Å². The summed E-state index contributed by atoms with van der Waals surface area (Å²) in [4.78, 5) is 32.4. The topological polar surface area (TPSA) is 114 Å². The number of rotatable bonds is 43. The number of ether oxygens (including phenoxy) is 2. The highest BCUT2D eigenvalue weighted by Crippen LogP contribution is 2.22. The highest BCUT2D eigenvalue weighted by Gasteiger charge is 2.21. The molecule has 1 aromatic heterocycles. The van der Waals surface area contributed by atoms with Gasteiger partial charge in [0, 0.05) is 38.6 Å². The van der Waals surface area contributed by atoms with Gasteiger partial charge in [-0.2, -0.15) is 0 Å². The van der Waals surface area contributed by atoms with Gasteiger partial charge < -0.3 is 24.3 Å². The van der Waals surface area contributed by atoms with Gasteiger partial charge in [-0.15, -0.1) is 0 Å². The molecule has 4 atom stereocenters. The molecule has 1 aromatic rings. The number of carbonyl (C=O) groups is 2. The lowest BCUT2D eigenvalue weighted by atomic mass is 9.94. The van der Waals surface area contributed by atoms with Crippen LogP contribution >= 0.6 is 0 Å². The average molecular weight is 820 g/mol. The van der Waals surface area contributed by atoms with Crippen molar-refractivity contribution in [2.24, 2.45) is 11.8 Å². The molecule has 1 rings (SSSR count). The highest BCUT2D eigenvalue weighted by atomic mass is 16.5. The molecule has 0 aromatic carbocycles. The van der Waals surface area contributed by atoms with Crippen LogP contribution in [0.1, 0.15) is 220 Å². The summed E-state index contributed by atoms with van der Waals surface area (Å²) in [6.45, 7) is 12.1. The fourth-order valence-corrected chi connectivity index (χ4v) is 7.99. The zero-order valence-corrected chi connectivity index (χ0v) is 38.4. The summed E-state index contributed by atoms with van der Waals surface area (Å²) in [5.74, 6) is -0.0459. The van der Waals surface area contributed by atoms with E-state index in [4.69, 9.17) is 9.47 Å². The molecular formula is C49H93N3O6. The van der Waals surface area contributed by atoms with Crippen molar-refractivity contribution in [2.75, 3.05) is 32.8 Å². The van der Waals surface area contributed by atoms with E-state index >= 15 is 0 Å². The van der Waals surface area contributed by atoms with Crippen LogP contribution in [0, 0.1) is 11.8 Å². The minimum atomic E-state index is -0.532. The summed E-state index contributed by atoms with van der Waals surface area (Å²) < 4.78 is 13.6. The first-order chi connectivity index (χ1) is 28.3. The van der Waals surface area contributed by atoms with Gasteiger partial charge in [-0.05, 0) is 64.2 Å². The number of carbonyl (C=O) groups excluding carboxylic acids is 2. The molecule has 0 fully saturated rings. The number of nitrogens with zero attached hydrogens (tertiary/aromatic N) is 3. The fraction of sp³-hybridized carbons (Fsp3) is 0.898. The van der Waals surface area contributed by atoms with Crippen LogP contribution in [0.5, 0.6) is 0 Å². The number of aliphatic hydroxyl groups is 2. The van der Waals surface area contributed by atoms with Crippen molar-refractivity contribution in [2.45, 2.75) is 239 Å². The molecule has 0 amide bonds. The second kappa shape index (κ2) is 39.2. The quantitative estimate of drug-likeness (QED) is 0.0494. The lowest BCUT2D eigenvalue weighted by Crippen LogP contribution is -2.40. The summed E-state index contributed by atoms with van der Waals surface area (Å²) in [6, 6.07) is 0.